The standard InChI is InChI=1S/C22H24N10O11S2/c1-8-14(27-17(36)15(11-7-44-20(23)26-11)29-43-22(2,3)19(38)39)18(37)31(8)21(40)30-45(41,42)32-13(35)6-24-16(28-32)10-4-9(33)5-12(34)25-10/h4-5,7-8,14H,6H2,1-3H3,(H2,23,26)(H,24,28)(H,27,36)(H,30,40)(H,38,39)(H2,25,33,34)/b29-15-/t8-,14-/m0/s1. The number of H-pyrrole nitrogens is 1. The number of carbonyl (C=O) groups excluding carboxylic acids is 4. The van der Waals surface area contributed by atoms with Crippen LogP contribution < -0.4 is 26.8 Å². The Morgan fingerprint density at radius 1 is 1.24 bits per heavy atom. The number of thiazole rings is 1. The molecule has 4 heterocycles. The summed E-state index contributed by atoms with van der Waals surface area (Å²) in [6.45, 7) is 2.90. The molecule has 23 heteroatoms. The smallest absolute Gasteiger partial charge is 0.350 e. The van der Waals surface area contributed by atoms with Crippen LogP contribution in [0, 0.1) is 0 Å². The van der Waals surface area contributed by atoms with Gasteiger partial charge < -0.3 is 31.1 Å². The Hall–Kier alpha value is -5.58. The molecule has 0 spiro atoms. The number of β-lactam (4-membered cyclic amide) rings is 1. The van der Waals surface area contributed by atoms with E-state index in [0.29, 0.717) is 4.90 Å². The molecule has 240 valence electrons. The van der Waals surface area contributed by atoms with Crippen molar-refractivity contribution in [2.24, 2.45) is 10.1 Å². The number of anilines is 1. The largest absolute Gasteiger partial charge is 0.508 e. The Bertz CT molecular complexity index is 1830. The molecule has 2 aliphatic heterocycles. The fourth-order valence-corrected chi connectivity index (χ4v) is 5.20. The highest BCUT2D eigenvalue weighted by atomic mass is 32.2. The van der Waals surface area contributed by atoms with Gasteiger partial charge in [0.1, 0.15) is 24.0 Å². The van der Waals surface area contributed by atoms with Gasteiger partial charge in [0.15, 0.2) is 16.7 Å². The van der Waals surface area contributed by atoms with Crippen LogP contribution in [-0.4, -0.2) is 103 Å². The molecule has 21 nitrogen and oxygen atoms in total. The molecular weight excluding hydrogens is 644 g/mol. The summed E-state index contributed by atoms with van der Waals surface area (Å²) in [7, 11) is -5.02. The van der Waals surface area contributed by atoms with Crippen molar-refractivity contribution in [2.45, 2.75) is 38.5 Å². The number of pyridine rings is 1. The Labute approximate surface area is 255 Å². The normalized spacial score (nSPS) is 18.8. The number of carbonyl (C=O) groups is 5. The minimum atomic E-state index is -5.02. The second-order valence-corrected chi connectivity index (χ2v) is 12.2. The van der Waals surface area contributed by atoms with Gasteiger partial charge in [-0.05, 0) is 20.8 Å². The van der Waals surface area contributed by atoms with E-state index in [-0.39, 0.29) is 26.8 Å². The molecule has 8 N–H and O–H groups in total. The number of rotatable bonds is 9. The van der Waals surface area contributed by atoms with Crippen molar-refractivity contribution in [3.63, 3.8) is 0 Å². The van der Waals surface area contributed by atoms with Gasteiger partial charge in [0.2, 0.25) is 5.60 Å². The van der Waals surface area contributed by atoms with E-state index in [1.54, 1.807) is 4.72 Å². The Balaban J connectivity index is 1.45. The zero-order valence-electron chi connectivity index (χ0n) is 23.3. The summed E-state index contributed by atoms with van der Waals surface area (Å²) in [6.07, 6.45) is 0. The van der Waals surface area contributed by atoms with Gasteiger partial charge in [-0.2, -0.15) is 8.42 Å². The number of nitrogens with zero attached hydrogens (tertiary/aromatic N) is 5. The molecule has 0 radical (unpaired) electrons. The van der Waals surface area contributed by atoms with E-state index in [4.69, 9.17) is 10.6 Å². The zero-order chi connectivity index (χ0) is 33.4. The van der Waals surface area contributed by atoms with Gasteiger partial charge in [0.05, 0.1) is 11.7 Å². The maximum absolute atomic E-state index is 13.1. The van der Waals surface area contributed by atoms with Crippen molar-refractivity contribution in [1.82, 2.24) is 34.7 Å². The Morgan fingerprint density at radius 2 is 1.93 bits per heavy atom. The first-order valence-electron chi connectivity index (χ1n) is 12.4. The summed E-state index contributed by atoms with van der Waals surface area (Å²) in [5, 5.41) is 26.2. The SMILES string of the molecule is C[C@H]1[C@H](NC(=O)/C(=N\OC(C)(C)C(=O)O)c2csc(N)n2)C(=O)N1C(=O)NS(=O)(=O)N1NC(c2cc(O)cc(=O)[nH]2)=NCC1=O. The van der Waals surface area contributed by atoms with Crippen molar-refractivity contribution >= 4 is 67.9 Å². The molecule has 2 aromatic heterocycles. The van der Waals surface area contributed by atoms with Crippen molar-refractivity contribution in [3.8, 4) is 5.75 Å². The number of aromatic hydroxyl groups is 1. The molecule has 1 fully saturated rings. The third-order valence-corrected chi connectivity index (χ3v) is 7.99. The van der Waals surface area contributed by atoms with Gasteiger partial charge in [-0.1, -0.05) is 5.16 Å². The van der Waals surface area contributed by atoms with Crippen LogP contribution in [0.5, 0.6) is 5.75 Å². The van der Waals surface area contributed by atoms with Crippen molar-refractivity contribution in [1.29, 1.82) is 0 Å². The molecule has 0 saturated carbocycles. The lowest BCUT2D eigenvalue weighted by atomic mass is 9.97. The van der Waals surface area contributed by atoms with Crippen LogP contribution in [-0.2, 0) is 34.2 Å². The zero-order valence-corrected chi connectivity index (χ0v) is 24.9. The quantitative estimate of drug-likeness (QED) is 0.0805. The van der Waals surface area contributed by atoms with E-state index in [1.807, 2.05) is 0 Å². The summed E-state index contributed by atoms with van der Waals surface area (Å²) < 4.78 is 27.4. The second-order valence-electron chi connectivity index (χ2n) is 9.78. The Morgan fingerprint density at radius 3 is 2.51 bits per heavy atom. The number of oxime groups is 1. The number of nitrogens with one attached hydrogen (secondary N) is 4. The van der Waals surface area contributed by atoms with Crippen LogP contribution in [0.4, 0.5) is 9.93 Å². The molecule has 5 amide bonds. The van der Waals surface area contributed by atoms with Gasteiger partial charge in [-0.15, -0.1) is 15.8 Å². The van der Waals surface area contributed by atoms with Crippen molar-refractivity contribution in [3.05, 3.63) is 39.3 Å². The lowest BCUT2D eigenvalue weighted by Crippen LogP contribution is -2.73. The highest BCUT2D eigenvalue weighted by Crippen LogP contribution is 2.22. The number of nitrogen functional groups attached to an aromatic ring is 1. The van der Waals surface area contributed by atoms with Crippen molar-refractivity contribution in [2.75, 3.05) is 12.3 Å². The number of imide groups is 1. The second kappa shape index (κ2) is 11.8. The van der Waals surface area contributed by atoms with Crippen LogP contribution in [0.25, 0.3) is 0 Å². The number of urea groups is 1. The first-order valence-corrected chi connectivity index (χ1v) is 14.7. The molecule has 0 aliphatic carbocycles. The summed E-state index contributed by atoms with van der Waals surface area (Å²) in [5.41, 5.74) is 4.31. The first kappa shape index (κ1) is 32.3. The van der Waals surface area contributed by atoms with E-state index in [9.17, 15) is 47.4 Å². The van der Waals surface area contributed by atoms with E-state index >= 15 is 0 Å². The monoisotopic (exact) mass is 668 g/mol. The highest BCUT2D eigenvalue weighted by molar-refractivity contribution is 7.88. The number of nitrogens with two attached hydrogens (primary N) is 1. The number of aromatic nitrogens is 2. The number of aliphatic carboxylic acids is 1. The van der Waals surface area contributed by atoms with Gasteiger partial charge in [-0.25, -0.2) is 19.3 Å². The van der Waals surface area contributed by atoms with Crippen LogP contribution in [0.3, 0.4) is 0 Å². The fourth-order valence-electron chi connectivity index (χ4n) is 3.71. The fraction of sp³-hybridized carbons (Fsp3) is 0.318. The molecule has 1 saturated heterocycles. The predicted octanol–water partition coefficient (Wildman–Crippen LogP) is -2.83. The Kier molecular flexibility index (Phi) is 8.50. The summed E-state index contributed by atoms with van der Waals surface area (Å²) >= 11 is 0.933. The van der Waals surface area contributed by atoms with E-state index in [1.165, 1.54) is 26.2 Å². The number of carboxylic acid groups (broad SMARTS) is 1. The van der Waals surface area contributed by atoms with Crippen LogP contribution >= 0.6 is 11.3 Å². The molecule has 0 aromatic carbocycles. The molecule has 2 aliphatic rings. The van der Waals surface area contributed by atoms with E-state index in [0.717, 1.165) is 23.5 Å². The minimum absolute atomic E-state index is 0.0185. The average Bonchev–Trinajstić information content (AvgIpc) is 3.36. The molecular formula is C22H24N10O11S2. The van der Waals surface area contributed by atoms with E-state index < -0.39 is 81.2 Å². The van der Waals surface area contributed by atoms with Crippen LogP contribution in [0.15, 0.2) is 32.5 Å². The number of amidine groups is 1. The number of hydrogen-bond acceptors (Lipinski definition) is 16. The number of aliphatic imine (C=N–C) groups is 1. The predicted molar refractivity (Wildman–Crippen MR) is 152 cm³/mol. The lowest BCUT2D eigenvalue weighted by Gasteiger charge is -2.43. The molecule has 0 bridgehead atoms. The third-order valence-electron chi connectivity index (χ3n) is 6.11. The minimum Gasteiger partial charge on any atom is -0.508 e. The summed E-state index contributed by atoms with van der Waals surface area (Å²) in [4.78, 5) is 89.5. The third kappa shape index (κ3) is 6.67. The van der Waals surface area contributed by atoms with Gasteiger partial charge in [0, 0.05) is 17.5 Å². The first-order chi connectivity index (χ1) is 20.9. The number of hydrogen-bond donors (Lipinski definition) is 7. The maximum atomic E-state index is 13.1. The van der Waals surface area contributed by atoms with Gasteiger partial charge in [0.25, 0.3) is 23.3 Å². The van der Waals surface area contributed by atoms with Crippen molar-refractivity contribution < 1.29 is 47.4 Å². The maximum Gasteiger partial charge on any atom is 0.350 e. The highest BCUT2D eigenvalue weighted by Gasteiger charge is 2.51. The number of amides is 5. The molecule has 45 heavy (non-hydrogen) atoms. The topological polar surface area (TPSA) is 308 Å². The average molecular weight is 669 g/mol. The van der Waals surface area contributed by atoms with Gasteiger partial charge >= 0.3 is 22.2 Å². The summed E-state index contributed by atoms with van der Waals surface area (Å²) in [6, 6.07) is -2.12. The van der Waals surface area contributed by atoms with Gasteiger partial charge in [-0.3, -0.25) is 34.5 Å². The van der Waals surface area contributed by atoms with E-state index in [2.05, 4.69) is 30.9 Å². The molecule has 2 aromatic rings. The van der Waals surface area contributed by atoms with Crippen LogP contribution in [0.2, 0.25) is 0 Å². The number of hydrazine groups is 1. The molecule has 0 unspecified atom stereocenters. The number of aromatic amines is 1. The number of likely N-dealkylation sites (tertiary alicyclic amines) is 1. The molecule has 4 rings (SSSR count). The number of carboxylic acids is 1. The lowest BCUT2D eigenvalue weighted by molar-refractivity contribution is -0.161. The molecule has 2 atom stereocenters. The van der Waals surface area contributed by atoms with Crippen LogP contribution in [0.1, 0.15) is 32.2 Å². The summed E-state index contributed by atoms with van der Waals surface area (Å²) in [5.74, 6) is -5.47.